The highest BCUT2D eigenvalue weighted by molar-refractivity contribution is 7.90. The van der Waals surface area contributed by atoms with Crippen molar-refractivity contribution in [3.8, 4) is 0 Å². The Morgan fingerprint density at radius 1 is 1.22 bits per heavy atom. The summed E-state index contributed by atoms with van der Waals surface area (Å²) in [5, 5.41) is 0.167. The second kappa shape index (κ2) is 4.96. The van der Waals surface area contributed by atoms with Crippen LogP contribution >= 0.6 is 11.6 Å². The fourth-order valence-electron chi connectivity index (χ4n) is 1.51. The first-order valence-corrected chi connectivity index (χ1v) is 7.20. The Bertz CT molecular complexity index is 657. The molecule has 1 aromatic heterocycles. The van der Waals surface area contributed by atoms with E-state index in [1.54, 1.807) is 30.5 Å². The molecule has 0 atom stereocenters. The van der Waals surface area contributed by atoms with Crippen molar-refractivity contribution in [1.29, 1.82) is 0 Å². The molecule has 0 spiro atoms. The lowest BCUT2D eigenvalue weighted by molar-refractivity contribution is 0.594. The van der Waals surface area contributed by atoms with Gasteiger partial charge in [-0.3, -0.25) is 4.98 Å². The smallest absolute Gasteiger partial charge is 0.185 e. The number of nitrogen functional groups attached to an aromatic ring is 1. The van der Waals surface area contributed by atoms with Crippen LogP contribution in [0.5, 0.6) is 0 Å². The van der Waals surface area contributed by atoms with E-state index >= 15 is 0 Å². The first-order chi connectivity index (χ1) is 8.49. The molecule has 2 N–H and O–H groups in total. The average Bonchev–Trinajstić information content (AvgIpc) is 2.33. The summed E-state index contributed by atoms with van der Waals surface area (Å²) in [6, 6.07) is 9.51. The van der Waals surface area contributed by atoms with Crippen LogP contribution in [0, 0.1) is 0 Å². The second-order valence-corrected chi connectivity index (χ2v) is 6.14. The zero-order valence-electron chi connectivity index (χ0n) is 9.38. The van der Waals surface area contributed by atoms with Crippen molar-refractivity contribution in [2.24, 2.45) is 0 Å². The zero-order chi connectivity index (χ0) is 13.2. The molecule has 0 saturated carbocycles. The van der Waals surface area contributed by atoms with Crippen molar-refractivity contribution < 1.29 is 8.42 Å². The number of hydrogen-bond acceptors (Lipinski definition) is 4. The third-order valence-electron chi connectivity index (χ3n) is 2.35. The number of aromatic nitrogens is 1. The summed E-state index contributed by atoms with van der Waals surface area (Å²) in [5.41, 5.74) is 6.41. The van der Waals surface area contributed by atoms with Gasteiger partial charge in [0.1, 0.15) is 0 Å². The van der Waals surface area contributed by atoms with Gasteiger partial charge in [-0.1, -0.05) is 17.7 Å². The van der Waals surface area contributed by atoms with E-state index < -0.39 is 9.84 Å². The number of sulfone groups is 1. The van der Waals surface area contributed by atoms with E-state index in [-0.39, 0.29) is 15.7 Å². The molecule has 1 aromatic carbocycles. The lowest BCUT2D eigenvalue weighted by Gasteiger charge is -2.07. The van der Waals surface area contributed by atoms with Crippen molar-refractivity contribution in [1.82, 2.24) is 4.98 Å². The summed E-state index contributed by atoms with van der Waals surface area (Å²) >= 11 is 5.89. The quantitative estimate of drug-likeness (QED) is 0.877. The molecule has 2 rings (SSSR count). The summed E-state index contributed by atoms with van der Waals surface area (Å²) in [5.74, 6) is -0.197. The highest BCUT2D eigenvalue weighted by Crippen LogP contribution is 2.26. The summed E-state index contributed by atoms with van der Waals surface area (Å²) in [6.07, 6.45) is 1.55. The molecule has 4 nitrogen and oxygen atoms in total. The molecule has 0 bridgehead atoms. The maximum absolute atomic E-state index is 12.2. The van der Waals surface area contributed by atoms with E-state index in [0.29, 0.717) is 11.4 Å². The molecule has 0 radical (unpaired) electrons. The van der Waals surface area contributed by atoms with Crippen LogP contribution in [-0.4, -0.2) is 13.4 Å². The zero-order valence-corrected chi connectivity index (χ0v) is 10.9. The fraction of sp³-hybridized carbons (Fsp3) is 0.0833. The molecule has 2 aromatic rings. The topological polar surface area (TPSA) is 73.1 Å². The van der Waals surface area contributed by atoms with Crippen LogP contribution in [0.4, 0.5) is 5.69 Å². The van der Waals surface area contributed by atoms with E-state index in [1.807, 2.05) is 0 Å². The van der Waals surface area contributed by atoms with Gasteiger partial charge in [0.2, 0.25) is 0 Å². The third-order valence-corrected chi connectivity index (χ3v) is 4.48. The highest BCUT2D eigenvalue weighted by atomic mass is 35.5. The number of halogens is 1. The molecule has 0 fully saturated rings. The molecule has 0 aliphatic heterocycles. The molecule has 6 heteroatoms. The third kappa shape index (κ3) is 2.80. The summed E-state index contributed by atoms with van der Waals surface area (Å²) in [6.45, 7) is 0. The molecule has 18 heavy (non-hydrogen) atoms. The maximum Gasteiger partial charge on any atom is 0.185 e. The normalized spacial score (nSPS) is 11.4. The number of anilines is 1. The van der Waals surface area contributed by atoms with Crippen molar-refractivity contribution in [2.45, 2.75) is 10.6 Å². The highest BCUT2D eigenvalue weighted by Gasteiger charge is 2.19. The summed E-state index contributed by atoms with van der Waals surface area (Å²) in [7, 11) is -3.54. The molecule has 0 unspecified atom stereocenters. The van der Waals surface area contributed by atoms with Crippen LogP contribution in [0.2, 0.25) is 5.02 Å². The molecular weight excluding hydrogens is 272 g/mol. The first kappa shape index (κ1) is 12.9. The van der Waals surface area contributed by atoms with Crippen molar-refractivity contribution in [3.05, 3.63) is 53.3 Å². The minimum absolute atomic E-state index is 0.0369. The van der Waals surface area contributed by atoms with Gasteiger partial charge in [0.25, 0.3) is 0 Å². The van der Waals surface area contributed by atoms with Crippen LogP contribution in [0.25, 0.3) is 0 Å². The molecular formula is C12H11ClN2O2S. The molecule has 0 aliphatic rings. The van der Waals surface area contributed by atoms with Crippen molar-refractivity contribution in [2.75, 3.05) is 5.73 Å². The Morgan fingerprint density at radius 2 is 2.00 bits per heavy atom. The van der Waals surface area contributed by atoms with E-state index in [0.717, 1.165) is 0 Å². The van der Waals surface area contributed by atoms with E-state index in [2.05, 4.69) is 4.98 Å². The Labute approximate surface area is 110 Å². The number of nitrogens with zero attached hydrogens (tertiary/aromatic N) is 1. The predicted octanol–water partition coefficient (Wildman–Crippen LogP) is 2.29. The van der Waals surface area contributed by atoms with Gasteiger partial charge in [0.05, 0.1) is 21.4 Å². The van der Waals surface area contributed by atoms with Gasteiger partial charge >= 0.3 is 0 Å². The Balaban J connectivity index is 2.40. The first-order valence-electron chi connectivity index (χ1n) is 5.17. The Hall–Kier alpha value is -1.59. The van der Waals surface area contributed by atoms with Gasteiger partial charge in [-0.2, -0.15) is 0 Å². The predicted molar refractivity (Wildman–Crippen MR) is 71.0 cm³/mol. The van der Waals surface area contributed by atoms with E-state index in [9.17, 15) is 8.42 Å². The van der Waals surface area contributed by atoms with Gasteiger partial charge < -0.3 is 5.73 Å². The summed E-state index contributed by atoms with van der Waals surface area (Å²) < 4.78 is 24.4. The van der Waals surface area contributed by atoms with Crippen LogP contribution in [0.3, 0.4) is 0 Å². The molecule has 1 heterocycles. The molecule has 94 valence electrons. The number of hydrogen-bond donors (Lipinski definition) is 1. The van der Waals surface area contributed by atoms with Gasteiger partial charge in [0.15, 0.2) is 9.84 Å². The van der Waals surface area contributed by atoms with Crippen LogP contribution < -0.4 is 5.73 Å². The SMILES string of the molecule is Nc1ccc(Cl)c(S(=O)(=O)Cc2ccccn2)c1. The fourth-order valence-corrected chi connectivity index (χ4v) is 3.38. The standard InChI is InChI=1S/C12H11ClN2O2S/c13-11-5-4-9(14)7-12(11)18(16,17)8-10-3-1-2-6-15-10/h1-7H,8,14H2. The van der Waals surface area contributed by atoms with Crippen molar-refractivity contribution >= 4 is 27.1 Å². The van der Waals surface area contributed by atoms with Gasteiger partial charge in [-0.05, 0) is 30.3 Å². The van der Waals surface area contributed by atoms with Gasteiger partial charge in [0, 0.05) is 11.9 Å². The minimum Gasteiger partial charge on any atom is -0.399 e. The Morgan fingerprint density at radius 3 is 2.67 bits per heavy atom. The van der Waals surface area contributed by atoms with Gasteiger partial charge in [-0.25, -0.2) is 8.42 Å². The van der Waals surface area contributed by atoms with Crippen LogP contribution in [-0.2, 0) is 15.6 Å². The maximum atomic E-state index is 12.2. The molecule has 0 amide bonds. The lowest BCUT2D eigenvalue weighted by Crippen LogP contribution is -2.07. The average molecular weight is 283 g/mol. The lowest BCUT2D eigenvalue weighted by atomic mass is 10.3. The largest absolute Gasteiger partial charge is 0.399 e. The van der Waals surface area contributed by atoms with E-state index in [4.69, 9.17) is 17.3 Å². The number of rotatable bonds is 3. The van der Waals surface area contributed by atoms with Gasteiger partial charge in [-0.15, -0.1) is 0 Å². The summed E-state index contributed by atoms with van der Waals surface area (Å²) in [4.78, 5) is 4.02. The van der Waals surface area contributed by atoms with Crippen LogP contribution in [0.15, 0.2) is 47.5 Å². The van der Waals surface area contributed by atoms with Crippen molar-refractivity contribution in [3.63, 3.8) is 0 Å². The number of nitrogens with two attached hydrogens (primary N) is 1. The van der Waals surface area contributed by atoms with Crippen LogP contribution in [0.1, 0.15) is 5.69 Å². The molecule has 0 aliphatic carbocycles. The number of pyridine rings is 1. The Kier molecular flexibility index (Phi) is 3.54. The molecule has 0 saturated heterocycles. The second-order valence-electron chi connectivity index (χ2n) is 3.77. The number of benzene rings is 1. The minimum atomic E-state index is -3.54. The van der Waals surface area contributed by atoms with E-state index in [1.165, 1.54) is 12.1 Å². The monoisotopic (exact) mass is 282 g/mol.